The first-order chi connectivity index (χ1) is 13.9. The van der Waals surface area contributed by atoms with Crippen molar-refractivity contribution in [3.8, 4) is 0 Å². The first kappa shape index (κ1) is 20.5. The molecule has 0 spiro atoms. The maximum absolute atomic E-state index is 12.5. The zero-order valence-corrected chi connectivity index (χ0v) is 16.3. The number of nitrogens with one attached hydrogen (secondary N) is 4. The largest absolute Gasteiger partial charge is 0.384 e. The molecule has 0 saturated carbocycles. The van der Waals surface area contributed by atoms with Crippen molar-refractivity contribution in [3.05, 3.63) is 65.5 Å². The van der Waals surface area contributed by atoms with Crippen LogP contribution in [0.2, 0.25) is 0 Å². The molecule has 0 radical (unpaired) electrons. The van der Waals surface area contributed by atoms with Gasteiger partial charge < -0.3 is 21.7 Å². The minimum absolute atomic E-state index is 0.00334. The zero-order chi connectivity index (χ0) is 20.8. The van der Waals surface area contributed by atoms with Crippen LogP contribution in [0.5, 0.6) is 0 Å². The summed E-state index contributed by atoms with van der Waals surface area (Å²) < 4.78 is 0. The molecule has 2 aromatic rings. The number of benzene rings is 1. The van der Waals surface area contributed by atoms with E-state index in [1.165, 1.54) is 0 Å². The number of amidine groups is 1. The molecule has 3 atom stereocenters. The highest BCUT2D eigenvalue weighted by Gasteiger charge is 2.31. The van der Waals surface area contributed by atoms with Crippen LogP contribution in [0.3, 0.4) is 0 Å². The van der Waals surface area contributed by atoms with Gasteiger partial charge in [-0.25, -0.2) is 0 Å². The lowest BCUT2D eigenvalue weighted by atomic mass is 9.97. The zero-order valence-electron chi connectivity index (χ0n) is 16.3. The molecule has 1 aromatic heterocycles. The number of aromatic nitrogens is 1. The van der Waals surface area contributed by atoms with Crippen LogP contribution in [0.15, 0.2) is 48.8 Å². The summed E-state index contributed by atoms with van der Waals surface area (Å²) >= 11 is 0. The summed E-state index contributed by atoms with van der Waals surface area (Å²) in [6.07, 6.45) is 4.19. The molecule has 3 rings (SSSR count). The summed E-state index contributed by atoms with van der Waals surface area (Å²) in [5.41, 5.74) is 8.11. The second-order valence-corrected chi connectivity index (χ2v) is 7.23. The second kappa shape index (κ2) is 9.29. The number of hydrogen-bond acceptors (Lipinski definition) is 5. The molecule has 29 heavy (non-hydrogen) atoms. The highest BCUT2D eigenvalue weighted by Crippen LogP contribution is 2.25. The normalized spacial score (nSPS) is 19.3. The van der Waals surface area contributed by atoms with Crippen molar-refractivity contribution in [2.45, 2.75) is 37.9 Å². The van der Waals surface area contributed by atoms with E-state index in [4.69, 9.17) is 11.1 Å². The molecule has 152 valence electrons. The van der Waals surface area contributed by atoms with Crippen LogP contribution in [0.25, 0.3) is 0 Å². The van der Waals surface area contributed by atoms with Gasteiger partial charge >= 0.3 is 0 Å². The quantitative estimate of drug-likeness (QED) is 0.347. The van der Waals surface area contributed by atoms with Crippen LogP contribution < -0.4 is 21.7 Å². The minimum Gasteiger partial charge on any atom is -0.384 e. The molecule has 2 heterocycles. The average Bonchev–Trinajstić information content (AvgIpc) is 3.23. The topological polar surface area (TPSA) is 133 Å². The van der Waals surface area contributed by atoms with E-state index in [9.17, 15) is 9.59 Å². The van der Waals surface area contributed by atoms with Gasteiger partial charge in [-0.1, -0.05) is 24.3 Å². The molecule has 3 unspecified atom stereocenters. The molecule has 6 N–H and O–H groups in total. The Morgan fingerprint density at radius 2 is 1.93 bits per heavy atom. The highest BCUT2D eigenvalue weighted by molar-refractivity contribution is 5.95. The van der Waals surface area contributed by atoms with Crippen molar-refractivity contribution in [1.29, 1.82) is 5.41 Å². The predicted octanol–water partition coefficient (Wildman–Crippen LogP) is 0.632. The molecule has 8 heteroatoms. The molecule has 8 nitrogen and oxygen atoms in total. The van der Waals surface area contributed by atoms with Crippen LogP contribution >= 0.6 is 0 Å². The average molecular weight is 394 g/mol. The van der Waals surface area contributed by atoms with E-state index in [-0.39, 0.29) is 29.6 Å². The number of rotatable bonds is 7. The maximum Gasteiger partial charge on any atom is 0.242 e. The van der Waals surface area contributed by atoms with Crippen molar-refractivity contribution in [2.24, 2.45) is 5.73 Å². The fourth-order valence-electron chi connectivity index (χ4n) is 3.35. The first-order valence-electron chi connectivity index (χ1n) is 9.58. The van der Waals surface area contributed by atoms with Gasteiger partial charge in [-0.3, -0.25) is 20.0 Å². The van der Waals surface area contributed by atoms with Crippen LogP contribution in [0.4, 0.5) is 0 Å². The van der Waals surface area contributed by atoms with Crippen molar-refractivity contribution in [2.75, 3.05) is 6.54 Å². The lowest BCUT2D eigenvalue weighted by Crippen LogP contribution is -2.49. The Labute approximate surface area is 169 Å². The second-order valence-electron chi connectivity index (χ2n) is 7.23. The number of carbonyl (C=O) groups is 2. The summed E-state index contributed by atoms with van der Waals surface area (Å²) in [4.78, 5) is 28.9. The van der Waals surface area contributed by atoms with Crippen molar-refractivity contribution < 1.29 is 9.59 Å². The summed E-state index contributed by atoms with van der Waals surface area (Å²) in [6, 6.07) is 10.1. The molecular formula is C21H26N6O2. The number of hydrogen-bond donors (Lipinski definition) is 5. The molecule has 1 aromatic carbocycles. The Balaban J connectivity index is 1.45. The fourth-order valence-corrected chi connectivity index (χ4v) is 3.35. The molecule has 1 aliphatic heterocycles. The van der Waals surface area contributed by atoms with E-state index in [2.05, 4.69) is 20.9 Å². The smallest absolute Gasteiger partial charge is 0.242 e. The lowest BCUT2D eigenvalue weighted by molar-refractivity contribution is -0.129. The Bertz CT molecular complexity index is 868. The van der Waals surface area contributed by atoms with Gasteiger partial charge in [0.15, 0.2) is 0 Å². The summed E-state index contributed by atoms with van der Waals surface area (Å²) in [7, 11) is 0. The van der Waals surface area contributed by atoms with E-state index in [0.29, 0.717) is 18.5 Å². The number of amides is 2. The Hall–Kier alpha value is -3.26. The molecule has 0 bridgehead atoms. The number of nitrogen functional groups attached to an aromatic ring is 1. The maximum atomic E-state index is 12.5. The summed E-state index contributed by atoms with van der Waals surface area (Å²) in [5, 5.41) is 16.2. The van der Waals surface area contributed by atoms with Crippen LogP contribution in [0.1, 0.15) is 36.0 Å². The van der Waals surface area contributed by atoms with E-state index in [1.807, 2.05) is 24.3 Å². The van der Waals surface area contributed by atoms with Gasteiger partial charge in [0.05, 0.1) is 6.04 Å². The van der Waals surface area contributed by atoms with Gasteiger partial charge in [0.1, 0.15) is 11.9 Å². The molecule has 1 fully saturated rings. The molecule has 0 aliphatic carbocycles. The first-order valence-corrected chi connectivity index (χ1v) is 9.58. The monoisotopic (exact) mass is 394 g/mol. The van der Waals surface area contributed by atoms with E-state index in [1.54, 1.807) is 31.5 Å². The van der Waals surface area contributed by atoms with Gasteiger partial charge in [0, 0.05) is 31.0 Å². The summed E-state index contributed by atoms with van der Waals surface area (Å²) in [6.45, 7) is 2.73. The van der Waals surface area contributed by atoms with E-state index < -0.39 is 6.04 Å². The molecule has 1 saturated heterocycles. The molecular weight excluding hydrogens is 368 g/mol. The van der Waals surface area contributed by atoms with Gasteiger partial charge in [-0.15, -0.1) is 0 Å². The van der Waals surface area contributed by atoms with Crippen molar-refractivity contribution >= 4 is 17.6 Å². The number of nitrogens with two attached hydrogens (primary N) is 1. The SMILES string of the molecule is CC(NC(=O)C1CC(c2ccncc2)CN1)C(=O)NCc1ccc(C(=N)N)cc1. The van der Waals surface area contributed by atoms with Crippen LogP contribution in [-0.4, -0.2) is 41.3 Å². The molecule has 2 amide bonds. The van der Waals surface area contributed by atoms with Crippen molar-refractivity contribution in [3.63, 3.8) is 0 Å². The fraction of sp³-hybridized carbons (Fsp3) is 0.333. The van der Waals surface area contributed by atoms with Gasteiger partial charge in [-0.05, 0) is 42.5 Å². The predicted molar refractivity (Wildman–Crippen MR) is 110 cm³/mol. The number of nitrogens with zero attached hydrogens (tertiary/aromatic N) is 1. The lowest BCUT2D eigenvalue weighted by Gasteiger charge is -2.17. The van der Waals surface area contributed by atoms with Gasteiger partial charge in [0.25, 0.3) is 0 Å². The minimum atomic E-state index is -0.638. The number of pyridine rings is 1. The van der Waals surface area contributed by atoms with E-state index >= 15 is 0 Å². The Kier molecular flexibility index (Phi) is 6.56. The Morgan fingerprint density at radius 1 is 1.24 bits per heavy atom. The van der Waals surface area contributed by atoms with Crippen molar-refractivity contribution in [1.82, 2.24) is 20.9 Å². The third-order valence-electron chi connectivity index (χ3n) is 5.11. The third-order valence-corrected chi connectivity index (χ3v) is 5.11. The Morgan fingerprint density at radius 3 is 2.59 bits per heavy atom. The van der Waals surface area contributed by atoms with E-state index in [0.717, 1.165) is 17.7 Å². The van der Waals surface area contributed by atoms with Gasteiger partial charge in [0.2, 0.25) is 11.8 Å². The van der Waals surface area contributed by atoms with Gasteiger partial charge in [-0.2, -0.15) is 0 Å². The number of carbonyl (C=O) groups excluding carboxylic acids is 2. The summed E-state index contributed by atoms with van der Waals surface area (Å²) in [5.74, 6) is -0.160. The third kappa shape index (κ3) is 5.39. The van der Waals surface area contributed by atoms with Crippen LogP contribution in [0, 0.1) is 5.41 Å². The standard InChI is InChI=1S/C21H26N6O2/c1-13(20(28)26-11-14-2-4-16(5-3-14)19(22)23)27-21(29)18-10-17(12-25-18)15-6-8-24-9-7-15/h2-9,13,17-18,25H,10-12H2,1H3,(H3,22,23)(H,26,28)(H,27,29). The molecule has 1 aliphatic rings. The van der Waals surface area contributed by atoms with Crippen LogP contribution in [-0.2, 0) is 16.1 Å². The highest BCUT2D eigenvalue weighted by atomic mass is 16.2.